The number of ether oxygens (including phenoxy) is 1. The van der Waals surface area contributed by atoms with Gasteiger partial charge in [-0.3, -0.25) is 4.79 Å². The quantitative estimate of drug-likeness (QED) is 0.664. The number of anilines is 1. The summed E-state index contributed by atoms with van der Waals surface area (Å²) in [7, 11) is 3.52. The molecule has 1 aromatic carbocycles. The lowest BCUT2D eigenvalue weighted by molar-refractivity contribution is 0.1000. The zero-order valence-electron chi connectivity index (χ0n) is 11.0. The van der Waals surface area contributed by atoms with Crippen molar-refractivity contribution < 1.29 is 9.53 Å². The van der Waals surface area contributed by atoms with Crippen molar-refractivity contribution in [3.05, 3.63) is 43.5 Å². The van der Waals surface area contributed by atoms with E-state index in [1.54, 1.807) is 7.11 Å². The lowest BCUT2D eigenvalue weighted by atomic mass is 10.2. The monoisotopic (exact) mass is 417 g/mol. The van der Waals surface area contributed by atoms with E-state index >= 15 is 0 Å². The molecule has 0 bridgehead atoms. The van der Waals surface area contributed by atoms with Crippen LogP contribution in [-0.2, 0) is 0 Å². The molecule has 2 rings (SSSR count). The maximum atomic E-state index is 12.3. The Bertz CT molecular complexity index is 627. The molecule has 0 aliphatic rings. The smallest absolute Gasteiger partial charge is 0.184 e. The molecule has 1 heterocycles. The summed E-state index contributed by atoms with van der Waals surface area (Å²) in [6.45, 7) is 0.314. The van der Waals surface area contributed by atoms with Crippen LogP contribution in [0.5, 0.6) is 5.75 Å². The molecule has 3 nitrogen and oxygen atoms in total. The second kappa shape index (κ2) is 6.74. The van der Waals surface area contributed by atoms with E-state index in [4.69, 9.17) is 4.74 Å². The predicted molar refractivity (Wildman–Crippen MR) is 90.3 cm³/mol. The molecule has 2 aromatic rings. The number of hydrogen-bond acceptors (Lipinski definition) is 4. The molecule has 6 heteroatoms. The molecule has 0 aliphatic carbocycles. The molecule has 0 saturated carbocycles. The van der Waals surface area contributed by atoms with E-state index in [1.807, 2.05) is 42.3 Å². The largest absolute Gasteiger partial charge is 0.497 e. The van der Waals surface area contributed by atoms with Gasteiger partial charge in [0.25, 0.3) is 0 Å². The van der Waals surface area contributed by atoms with Crippen LogP contribution in [0.1, 0.15) is 10.4 Å². The first kappa shape index (κ1) is 15.5. The third kappa shape index (κ3) is 3.62. The van der Waals surface area contributed by atoms with Gasteiger partial charge in [-0.15, -0.1) is 11.3 Å². The minimum atomic E-state index is 0.0733. The highest BCUT2D eigenvalue weighted by Gasteiger charge is 2.16. The van der Waals surface area contributed by atoms with Gasteiger partial charge in [0.2, 0.25) is 0 Å². The van der Waals surface area contributed by atoms with Gasteiger partial charge in [0.1, 0.15) is 5.75 Å². The number of carbonyl (C=O) groups is 1. The van der Waals surface area contributed by atoms with E-state index in [1.165, 1.54) is 11.3 Å². The van der Waals surface area contributed by atoms with Crippen LogP contribution >= 0.6 is 43.2 Å². The van der Waals surface area contributed by atoms with Crippen molar-refractivity contribution in [3.8, 4) is 5.75 Å². The van der Waals surface area contributed by atoms with Crippen molar-refractivity contribution in [2.24, 2.45) is 0 Å². The number of rotatable bonds is 5. The van der Waals surface area contributed by atoms with Crippen LogP contribution < -0.4 is 9.64 Å². The average molecular weight is 419 g/mol. The summed E-state index contributed by atoms with van der Waals surface area (Å²) in [5, 5.41) is 0. The topological polar surface area (TPSA) is 29.5 Å². The summed E-state index contributed by atoms with van der Waals surface area (Å²) < 4.78 is 6.99. The van der Waals surface area contributed by atoms with Gasteiger partial charge < -0.3 is 9.64 Å². The van der Waals surface area contributed by atoms with Gasteiger partial charge in [-0.25, -0.2) is 0 Å². The number of nitrogens with zero attached hydrogens (tertiary/aromatic N) is 1. The Morgan fingerprint density at radius 3 is 2.70 bits per heavy atom. The third-order valence-electron chi connectivity index (χ3n) is 2.83. The van der Waals surface area contributed by atoms with Crippen molar-refractivity contribution in [1.82, 2.24) is 0 Å². The fraction of sp³-hybridized carbons (Fsp3) is 0.214. The highest BCUT2D eigenvalue weighted by molar-refractivity contribution is 9.12. The number of halogens is 2. The lowest BCUT2D eigenvalue weighted by Gasteiger charge is -2.18. The summed E-state index contributed by atoms with van der Waals surface area (Å²) in [6, 6.07) is 9.49. The standard InChI is InChI=1S/C14H13Br2NO2S/c1-17(9-4-3-5-10(6-9)19-2)8-12(18)11-7-13(15)20-14(11)16/h3-7H,8H2,1-2H3. The Morgan fingerprint density at radius 2 is 2.10 bits per heavy atom. The second-order valence-corrected chi connectivity index (χ2v) is 7.97. The van der Waals surface area contributed by atoms with Crippen molar-refractivity contribution in [2.75, 3.05) is 25.6 Å². The minimum Gasteiger partial charge on any atom is -0.497 e. The van der Waals surface area contributed by atoms with Crippen molar-refractivity contribution in [3.63, 3.8) is 0 Å². The van der Waals surface area contributed by atoms with E-state index < -0.39 is 0 Å². The molecule has 20 heavy (non-hydrogen) atoms. The summed E-state index contributed by atoms with van der Waals surface area (Å²) >= 11 is 8.30. The van der Waals surface area contributed by atoms with Gasteiger partial charge >= 0.3 is 0 Å². The molecule has 0 atom stereocenters. The number of hydrogen-bond donors (Lipinski definition) is 0. The zero-order valence-corrected chi connectivity index (χ0v) is 15.0. The molecular formula is C14H13Br2NO2S. The molecule has 0 amide bonds. The molecule has 0 radical (unpaired) electrons. The molecule has 0 unspecified atom stereocenters. The first-order chi connectivity index (χ1) is 9.51. The van der Waals surface area contributed by atoms with Crippen LogP contribution in [0, 0.1) is 0 Å². The van der Waals surface area contributed by atoms with Gasteiger partial charge in [0.05, 0.1) is 21.2 Å². The fourth-order valence-electron chi connectivity index (χ4n) is 1.77. The van der Waals surface area contributed by atoms with Gasteiger partial charge in [-0.05, 0) is 50.1 Å². The predicted octanol–water partition coefficient (Wildman–Crippen LogP) is 4.60. The number of likely N-dealkylation sites (N-methyl/N-ethyl adjacent to an activating group) is 1. The molecule has 0 fully saturated rings. The van der Waals surface area contributed by atoms with Crippen molar-refractivity contribution in [1.29, 1.82) is 0 Å². The number of benzene rings is 1. The van der Waals surface area contributed by atoms with Crippen molar-refractivity contribution in [2.45, 2.75) is 0 Å². The maximum absolute atomic E-state index is 12.3. The first-order valence-electron chi connectivity index (χ1n) is 5.84. The van der Waals surface area contributed by atoms with Crippen LogP contribution in [0.4, 0.5) is 5.69 Å². The third-order valence-corrected chi connectivity index (χ3v) is 5.17. The number of methoxy groups -OCH3 is 1. The first-order valence-corrected chi connectivity index (χ1v) is 8.24. The van der Waals surface area contributed by atoms with Crippen LogP contribution in [0.3, 0.4) is 0 Å². The fourth-order valence-corrected chi connectivity index (χ4v) is 4.63. The molecule has 106 valence electrons. The summed E-state index contributed by atoms with van der Waals surface area (Å²) in [5.41, 5.74) is 1.65. The molecule has 0 aliphatic heterocycles. The van der Waals surface area contributed by atoms with Crippen LogP contribution in [0.25, 0.3) is 0 Å². The highest BCUT2D eigenvalue weighted by atomic mass is 79.9. The van der Waals surface area contributed by atoms with E-state index in [2.05, 4.69) is 31.9 Å². The number of carbonyl (C=O) groups excluding carboxylic acids is 1. The van der Waals surface area contributed by atoms with Crippen LogP contribution in [0.15, 0.2) is 37.9 Å². The molecule has 0 saturated heterocycles. The highest BCUT2D eigenvalue weighted by Crippen LogP contribution is 2.32. The van der Waals surface area contributed by atoms with Gasteiger partial charge in [0.15, 0.2) is 5.78 Å². The number of ketones is 1. The van der Waals surface area contributed by atoms with E-state index in [0.29, 0.717) is 12.1 Å². The van der Waals surface area contributed by atoms with Crippen molar-refractivity contribution >= 4 is 54.7 Å². The lowest BCUT2D eigenvalue weighted by Crippen LogP contribution is -2.25. The average Bonchev–Trinajstić information content (AvgIpc) is 2.77. The maximum Gasteiger partial charge on any atom is 0.184 e. The van der Waals surface area contributed by atoms with E-state index in [9.17, 15) is 4.79 Å². The molecule has 0 N–H and O–H groups in total. The van der Waals surface area contributed by atoms with Gasteiger partial charge in [-0.1, -0.05) is 6.07 Å². The van der Waals surface area contributed by atoms with Gasteiger partial charge in [-0.2, -0.15) is 0 Å². The van der Waals surface area contributed by atoms with Crippen LogP contribution in [-0.4, -0.2) is 26.5 Å². The summed E-state index contributed by atoms with van der Waals surface area (Å²) in [6.07, 6.45) is 0. The normalized spacial score (nSPS) is 10.4. The van der Waals surface area contributed by atoms with Crippen LogP contribution in [0.2, 0.25) is 0 Å². The number of Topliss-reactive ketones (excluding diaryl/α,β-unsaturated/α-hetero) is 1. The molecule has 0 spiro atoms. The summed E-state index contributed by atoms with van der Waals surface area (Å²) in [4.78, 5) is 14.2. The Labute approximate surface area is 138 Å². The van der Waals surface area contributed by atoms with E-state index in [0.717, 1.165) is 19.0 Å². The Hall–Kier alpha value is -0.850. The Balaban J connectivity index is 2.12. The number of thiophene rings is 1. The SMILES string of the molecule is COc1cccc(N(C)CC(=O)c2cc(Br)sc2Br)c1. The van der Waals surface area contributed by atoms with E-state index in [-0.39, 0.29) is 5.78 Å². The molecular weight excluding hydrogens is 406 g/mol. The second-order valence-electron chi connectivity index (χ2n) is 4.22. The summed E-state index contributed by atoms with van der Waals surface area (Å²) in [5.74, 6) is 0.852. The minimum absolute atomic E-state index is 0.0733. The Kier molecular flexibility index (Phi) is 5.23. The van der Waals surface area contributed by atoms with Gasteiger partial charge in [0, 0.05) is 24.4 Å². The molecule has 1 aromatic heterocycles. The zero-order chi connectivity index (χ0) is 14.7. The Morgan fingerprint density at radius 1 is 1.35 bits per heavy atom.